The van der Waals surface area contributed by atoms with Gasteiger partial charge in [-0.05, 0) is 48.7 Å². The zero-order valence-corrected chi connectivity index (χ0v) is 21.2. The summed E-state index contributed by atoms with van der Waals surface area (Å²) in [5.74, 6) is -0.394. The van der Waals surface area contributed by atoms with E-state index in [4.69, 9.17) is 5.73 Å². The Morgan fingerprint density at radius 1 is 0.971 bits per heavy atom. The summed E-state index contributed by atoms with van der Waals surface area (Å²) in [5, 5.41) is 10.4. The molecule has 3 N–H and O–H groups in total. The highest BCUT2D eigenvalue weighted by Crippen LogP contribution is 2.17. The Bertz CT molecular complexity index is 1180. The summed E-state index contributed by atoms with van der Waals surface area (Å²) in [6.07, 6.45) is 1.52. The molecule has 0 aliphatic rings. The zero-order chi connectivity index (χ0) is 26.1. The summed E-state index contributed by atoms with van der Waals surface area (Å²) in [5.41, 5.74) is 8.88. The molecule has 3 aromatic carbocycles. The molecule has 0 aromatic heterocycles. The van der Waals surface area contributed by atoms with Gasteiger partial charge in [0.25, 0.3) is 0 Å². The first-order valence-corrected chi connectivity index (χ1v) is 12.7. The molecule has 0 unspecified atom stereocenters. The number of nitrogens with zero attached hydrogens (tertiary/aromatic N) is 1. The van der Waals surface area contributed by atoms with Gasteiger partial charge in [0.1, 0.15) is 22.8 Å². The fourth-order valence-electron chi connectivity index (χ4n) is 3.59. The van der Waals surface area contributed by atoms with Gasteiger partial charge in [0.15, 0.2) is 0 Å². The largest absolute Gasteiger partial charge is 0.744 e. The van der Waals surface area contributed by atoms with Crippen molar-refractivity contribution in [2.24, 2.45) is 5.73 Å². The summed E-state index contributed by atoms with van der Waals surface area (Å²) < 4.78 is 31.9. The van der Waals surface area contributed by atoms with Crippen molar-refractivity contribution in [1.29, 1.82) is 0 Å². The number of carbonyl (C=O) groups is 1. The highest BCUT2D eigenvalue weighted by atomic mass is 32.2. The molecule has 0 heterocycles. The number of hydrogen-bond donors (Lipinski definition) is 2. The molecule has 3 aromatic rings. The summed E-state index contributed by atoms with van der Waals surface area (Å²) in [6, 6.07) is 23.0. The van der Waals surface area contributed by atoms with E-state index < -0.39 is 22.1 Å². The second-order valence-corrected chi connectivity index (χ2v) is 10.6. The van der Waals surface area contributed by atoms with Gasteiger partial charge in [-0.25, -0.2) is 8.42 Å². The topological polar surface area (TPSA) is 121 Å². The maximum Gasteiger partial charge on any atom is 0.248 e. The molecule has 35 heavy (non-hydrogen) atoms. The van der Waals surface area contributed by atoms with Gasteiger partial charge in [-0.3, -0.25) is 4.79 Å². The number of aryl methyl sites for hydroxylation is 2. The van der Waals surface area contributed by atoms with Crippen LogP contribution in [-0.2, 0) is 16.5 Å². The van der Waals surface area contributed by atoms with Gasteiger partial charge in [-0.15, -0.1) is 0 Å². The number of amides is 1. The lowest BCUT2D eigenvalue weighted by atomic mass is 10.1. The number of primary amides is 1. The number of likely N-dealkylation sites (N-methyl/N-ethyl adjacent to an activating group) is 1. The zero-order valence-electron chi connectivity index (χ0n) is 20.4. The number of nitrogens with two attached hydrogens (primary N) is 1. The molecule has 1 amide bonds. The smallest absolute Gasteiger partial charge is 0.248 e. The third-order valence-electron chi connectivity index (χ3n) is 5.63. The van der Waals surface area contributed by atoms with Gasteiger partial charge in [-0.1, -0.05) is 60.2 Å². The molecule has 3 rings (SSSR count). The van der Waals surface area contributed by atoms with Gasteiger partial charge in [0.2, 0.25) is 5.91 Å². The Balaban J connectivity index is 0.000000328. The average Bonchev–Trinajstić information content (AvgIpc) is 2.79. The molecule has 0 saturated carbocycles. The minimum Gasteiger partial charge on any atom is -0.744 e. The van der Waals surface area contributed by atoms with E-state index >= 15 is 0 Å². The lowest BCUT2D eigenvalue weighted by molar-refractivity contribution is -0.894. The van der Waals surface area contributed by atoms with E-state index in [-0.39, 0.29) is 4.90 Å². The first kappa shape index (κ1) is 28.2. The van der Waals surface area contributed by atoms with Crippen LogP contribution in [0.2, 0.25) is 0 Å². The first-order valence-electron chi connectivity index (χ1n) is 11.3. The normalized spacial score (nSPS) is 12.4. The highest BCUT2D eigenvalue weighted by molar-refractivity contribution is 7.85. The van der Waals surface area contributed by atoms with E-state index in [2.05, 4.69) is 14.1 Å². The van der Waals surface area contributed by atoms with Gasteiger partial charge in [0, 0.05) is 12.0 Å². The third kappa shape index (κ3) is 10.00. The first-order chi connectivity index (χ1) is 16.4. The van der Waals surface area contributed by atoms with Crippen LogP contribution in [0.1, 0.15) is 39.6 Å². The molecule has 0 aliphatic heterocycles. The SMILES string of the molecule is C[N+](C)(CCCc1ccc(C(N)=O)cc1)C[C@H](O)c1ccccc1.Cc1ccc(S(=O)(=O)[O-])cc1. The van der Waals surface area contributed by atoms with Crippen LogP contribution in [0.3, 0.4) is 0 Å². The Morgan fingerprint density at radius 3 is 2.06 bits per heavy atom. The minimum absolute atomic E-state index is 0.178. The number of rotatable bonds is 9. The van der Waals surface area contributed by atoms with Crippen LogP contribution in [0.15, 0.2) is 83.8 Å². The fourth-order valence-corrected chi connectivity index (χ4v) is 4.06. The van der Waals surface area contributed by atoms with Crippen molar-refractivity contribution < 1.29 is 27.4 Å². The van der Waals surface area contributed by atoms with Gasteiger partial charge < -0.3 is 19.9 Å². The van der Waals surface area contributed by atoms with E-state index in [0.717, 1.165) is 35.0 Å². The summed E-state index contributed by atoms with van der Waals surface area (Å²) in [7, 11) is 0.0129. The van der Waals surface area contributed by atoms with E-state index in [9.17, 15) is 22.9 Å². The second-order valence-electron chi connectivity index (χ2n) is 9.20. The lowest BCUT2D eigenvalue weighted by Crippen LogP contribution is -2.43. The van der Waals surface area contributed by atoms with Gasteiger partial charge >= 0.3 is 0 Å². The molecular weight excluding hydrogens is 464 g/mol. The van der Waals surface area contributed by atoms with E-state index in [1.165, 1.54) is 17.7 Å². The number of aliphatic hydroxyl groups excluding tert-OH is 1. The van der Waals surface area contributed by atoms with E-state index in [1.807, 2.05) is 49.4 Å². The molecule has 7 nitrogen and oxygen atoms in total. The third-order valence-corrected chi connectivity index (χ3v) is 6.48. The maximum atomic E-state index is 11.1. The van der Waals surface area contributed by atoms with Crippen LogP contribution in [0.25, 0.3) is 0 Å². The van der Waals surface area contributed by atoms with Gasteiger partial charge in [-0.2, -0.15) is 0 Å². The van der Waals surface area contributed by atoms with E-state index in [0.29, 0.717) is 12.1 Å². The van der Waals surface area contributed by atoms with Gasteiger partial charge in [0.05, 0.1) is 25.5 Å². The quantitative estimate of drug-likeness (QED) is 0.346. The predicted molar refractivity (Wildman–Crippen MR) is 136 cm³/mol. The van der Waals surface area contributed by atoms with Crippen molar-refractivity contribution in [2.45, 2.75) is 30.8 Å². The molecule has 0 saturated heterocycles. The van der Waals surface area contributed by atoms with Crippen molar-refractivity contribution in [2.75, 3.05) is 27.2 Å². The van der Waals surface area contributed by atoms with Crippen LogP contribution < -0.4 is 5.73 Å². The molecule has 0 aliphatic carbocycles. The molecule has 0 bridgehead atoms. The molecule has 8 heteroatoms. The molecule has 188 valence electrons. The van der Waals surface area contributed by atoms with Crippen molar-refractivity contribution in [1.82, 2.24) is 0 Å². The second kappa shape index (κ2) is 12.6. The average molecular weight is 499 g/mol. The minimum atomic E-state index is -4.27. The van der Waals surface area contributed by atoms with Crippen LogP contribution in [0.5, 0.6) is 0 Å². The molecule has 1 atom stereocenters. The summed E-state index contributed by atoms with van der Waals surface area (Å²) >= 11 is 0. The van der Waals surface area contributed by atoms with Crippen molar-refractivity contribution in [3.05, 3.63) is 101 Å². The van der Waals surface area contributed by atoms with Crippen molar-refractivity contribution in [3.63, 3.8) is 0 Å². The van der Waals surface area contributed by atoms with Crippen LogP contribution >= 0.6 is 0 Å². The number of aliphatic hydroxyl groups is 1. The highest BCUT2D eigenvalue weighted by Gasteiger charge is 2.21. The molecular formula is C27H34N2O5S. The maximum absolute atomic E-state index is 11.1. The Kier molecular flexibility index (Phi) is 10.2. The summed E-state index contributed by atoms with van der Waals surface area (Å²) in [6.45, 7) is 3.48. The van der Waals surface area contributed by atoms with Crippen molar-refractivity contribution in [3.8, 4) is 0 Å². The standard InChI is InChI=1S/C20H26N2O2.C7H8O3S/c1-22(2,15-19(23)17-8-4-3-5-9-17)14-6-7-16-10-12-18(13-11-16)20(21)24;1-6-2-4-7(5-3-6)11(8,9)10/h3-5,8-13,19,23H,6-7,14-15H2,1-2H3,(H-,21,24);2-5H,1H3,(H,8,9,10)/t19-;/m0./s1. The van der Waals surface area contributed by atoms with E-state index in [1.54, 1.807) is 24.3 Å². The number of carbonyl (C=O) groups excluding carboxylic acids is 1. The Morgan fingerprint density at radius 2 is 1.54 bits per heavy atom. The van der Waals surface area contributed by atoms with Crippen LogP contribution in [0.4, 0.5) is 0 Å². The van der Waals surface area contributed by atoms with Crippen LogP contribution in [0, 0.1) is 6.92 Å². The monoisotopic (exact) mass is 498 g/mol. The number of benzene rings is 3. The summed E-state index contributed by atoms with van der Waals surface area (Å²) in [4.78, 5) is 10.9. The molecule has 0 radical (unpaired) electrons. The number of quaternary nitrogens is 1. The Hall–Kier alpha value is -3.04. The van der Waals surface area contributed by atoms with Crippen LogP contribution in [-0.4, -0.2) is 55.7 Å². The number of hydrogen-bond acceptors (Lipinski definition) is 5. The fraction of sp³-hybridized carbons (Fsp3) is 0.296. The van der Waals surface area contributed by atoms with Crippen molar-refractivity contribution >= 4 is 16.0 Å². The molecule has 0 spiro atoms. The predicted octanol–water partition coefficient (Wildman–Crippen LogP) is 3.43. The Labute approximate surface area is 208 Å². The molecule has 0 fully saturated rings. The lowest BCUT2D eigenvalue weighted by Gasteiger charge is -2.32.